The average molecular weight is 374 g/mol. The highest BCUT2D eigenvalue weighted by molar-refractivity contribution is 5.86. The van der Waals surface area contributed by atoms with Gasteiger partial charge in [-0.15, -0.1) is 0 Å². The Hall–Kier alpha value is -2.51. The number of likely N-dealkylation sites (tertiary alicyclic amines) is 1. The standard InChI is InChI=1S/C20H26N2O5/c1-25-17-8-3-6-15(18(17)26-2)13-22-10-5-9-20(24,19(22)23)14-21-12-16-7-4-11-27-16/h3-4,6-8,11,21,24H,5,9-10,12-14H2,1-2H3/t20-/m0/s1. The van der Waals surface area contributed by atoms with Gasteiger partial charge < -0.3 is 29.2 Å². The van der Waals surface area contributed by atoms with E-state index in [1.165, 1.54) is 0 Å². The molecule has 1 aromatic heterocycles. The molecule has 0 aliphatic carbocycles. The number of carbonyl (C=O) groups is 1. The molecular formula is C20H26N2O5. The first-order valence-electron chi connectivity index (χ1n) is 9.02. The molecule has 0 spiro atoms. The van der Waals surface area contributed by atoms with Gasteiger partial charge in [0.25, 0.3) is 5.91 Å². The van der Waals surface area contributed by atoms with Gasteiger partial charge in [0.2, 0.25) is 0 Å². The van der Waals surface area contributed by atoms with Crippen LogP contribution in [0.25, 0.3) is 0 Å². The number of benzene rings is 1. The van der Waals surface area contributed by atoms with Crippen LogP contribution in [0.1, 0.15) is 24.2 Å². The maximum absolute atomic E-state index is 12.9. The van der Waals surface area contributed by atoms with Crippen LogP contribution in [-0.2, 0) is 17.9 Å². The minimum atomic E-state index is -1.42. The van der Waals surface area contributed by atoms with Gasteiger partial charge in [-0.25, -0.2) is 0 Å². The van der Waals surface area contributed by atoms with Crippen LogP contribution in [0.3, 0.4) is 0 Å². The van der Waals surface area contributed by atoms with Crippen LogP contribution in [0.2, 0.25) is 0 Å². The number of furan rings is 1. The van der Waals surface area contributed by atoms with Crippen LogP contribution in [0.5, 0.6) is 11.5 Å². The highest BCUT2D eigenvalue weighted by atomic mass is 16.5. The number of para-hydroxylation sites is 1. The number of aliphatic hydroxyl groups is 1. The third-order valence-electron chi connectivity index (χ3n) is 4.85. The third-order valence-corrected chi connectivity index (χ3v) is 4.85. The minimum absolute atomic E-state index is 0.179. The molecule has 1 saturated heterocycles. The van der Waals surface area contributed by atoms with Crippen molar-refractivity contribution in [3.05, 3.63) is 47.9 Å². The number of hydrogen-bond acceptors (Lipinski definition) is 6. The van der Waals surface area contributed by atoms with Crippen molar-refractivity contribution in [3.8, 4) is 11.5 Å². The lowest BCUT2D eigenvalue weighted by molar-refractivity contribution is -0.157. The first-order chi connectivity index (χ1) is 13.1. The quantitative estimate of drug-likeness (QED) is 0.735. The molecule has 27 heavy (non-hydrogen) atoms. The Kier molecular flexibility index (Phi) is 6.03. The Balaban J connectivity index is 1.67. The molecule has 1 atom stereocenters. The Morgan fingerprint density at radius 2 is 2.11 bits per heavy atom. The minimum Gasteiger partial charge on any atom is -0.493 e. The molecule has 1 fully saturated rings. The Morgan fingerprint density at radius 3 is 2.81 bits per heavy atom. The normalized spacial score (nSPS) is 20.0. The van der Waals surface area contributed by atoms with E-state index in [-0.39, 0.29) is 12.5 Å². The number of piperidine rings is 1. The Labute approximate surface area is 158 Å². The maximum atomic E-state index is 12.9. The van der Waals surface area contributed by atoms with Gasteiger partial charge in [0.15, 0.2) is 17.1 Å². The number of carbonyl (C=O) groups excluding carboxylic acids is 1. The highest BCUT2D eigenvalue weighted by Gasteiger charge is 2.42. The van der Waals surface area contributed by atoms with E-state index in [0.29, 0.717) is 37.6 Å². The van der Waals surface area contributed by atoms with Crippen LogP contribution in [-0.4, -0.2) is 48.8 Å². The predicted octanol–water partition coefficient (Wildman–Crippen LogP) is 1.94. The lowest BCUT2D eigenvalue weighted by Crippen LogP contribution is -2.57. The second kappa shape index (κ2) is 8.45. The summed E-state index contributed by atoms with van der Waals surface area (Å²) in [5, 5.41) is 14.0. The van der Waals surface area contributed by atoms with Gasteiger partial charge in [-0.05, 0) is 31.0 Å². The summed E-state index contributed by atoms with van der Waals surface area (Å²) in [5.41, 5.74) is -0.574. The number of nitrogens with zero attached hydrogens (tertiary/aromatic N) is 1. The molecule has 2 aromatic rings. The summed E-state index contributed by atoms with van der Waals surface area (Å²) < 4.78 is 16.0. The van der Waals surface area contributed by atoms with Gasteiger partial charge in [-0.1, -0.05) is 12.1 Å². The molecule has 1 aromatic carbocycles. The number of methoxy groups -OCH3 is 2. The molecule has 2 heterocycles. The Morgan fingerprint density at radius 1 is 1.26 bits per heavy atom. The lowest BCUT2D eigenvalue weighted by atomic mass is 9.91. The van der Waals surface area contributed by atoms with Gasteiger partial charge >= 0.3 is 0 Å². The Bertz CT molecular complexity index is 762. The molecule has 0 bridgehead atoms. The zero-order chi connectivity index (χ0) is 19.3. The van der Waals surface area contributed by atoms with Crippen molar-refractivity contribution in [1.29, 1.82) is 0 Å². The molecule has 0 unspecified atom stereocenters. The van der Waals surface area contributed by atoms with Crippen LogP contribution >= 0.6 is 0 Å². The van der Waals surface area contributed by atoms with E-state index in [9.17, 15) is 9.90 Å². The van der Waals surface area contributed by atoms with Crippen molar-refractivity contribution >= 4 is 5.91 Å². The topological polar surface area (TPSA) is 84.2 Å². The summed E-state index contributed by atoms with van der Waals surface area (Å²) in [4.78, 5) is 14.6. The summed E-state index contributed by atoms with van der Waals surface area (Å²) in [6, 6.07) is 9.23. The fraction of sp³-hybridized carbons (Fsp3) is 0.450. The molecule has 7 heteroatoms. The summed E-state index contributed by atoms with van der Waals surface area (Å²) in [6.07, 6.45) is 2.76. The molecule has 1 aliphatic rings. The average Bonchev–Trinajstić information content (AvgIpc) is 3.19. The second-order valence-electron chi connectivity index (χ2n) is 6.70. The lowest BCUT2D eigenvalue weighted by Gasteiger charge is -2.38. The smallest absolute Gasteiger partial charge is 0.256 e. The van der Waals surface area contributed by atoms with Crippen molar-refractivity contribution in [2.45, 2.75) is 31.5 Å². The van der Waals surface area contributed by atoms with E-state index >= 15 is 0 Å². The fourth-order valence-electron chi connectivity index (χ4n) is 3.47. The molecule has 146 valence electrons. The first-order valence-corrected chi connectivity index (χ1v) is 9.02. The fourth-order valence-corrected chi connectivity index (χ4v) is 3.47. The number of rotatable bonds is 8. The molecule has 2 N–H and O–H groups in total. The van der Waals surface area contributed by atoms with Gasteiger partial charge in [0.1, 0.15) is 5.76 Å². The molecule has 1 amide bonds. The van der Waals surface area contributed by atoms with Gasteiger partial charge in [0.05, 0.1) is 27.0 Å². The molecule has 7 nitrogen and oxygen atoms in total. The predicted molar refractivity (Wildman–Crippen MR) is 99.6 cm³/mol. The van der Waals surface area contributed by atoms with Gasteiger partial charge in [-0.3, -0.25) is 4.79 Å². The van der Waals surface area contributed by atoms with E-state index in [2.05, 4.69) is 5.32 Å². The monoisotopic (exact) mass is 374 g/mol. The zero-order valence-corrected chi connectivity index (χ0v) is 15.7. The molecule has 1 aliphatic heterocycles. The first kappa shape index (κ1) is 19.3. The zero-order valence-electron chi connectivity index (χ0n) is 15.7. The van der Waals surface area contributed by atoms with Crippen molar-refractivity contribution in [2.24, 2.45) is 0 Å². The number of hydrogen-bond donors (Lipinski definition) is 2. The second-order valence-corrected chi connectivity index (χ2v) is 6.70. The summed E-state index contributed by atoms with van der Waals surface area (Å²) in [7, 11) is 3.16. The number of nitrogens with one attached hydrogen (secondary N) is 1. The van der Waals surface area contributed by atoms with E-state index in [1.807, 2.05) is 24.3 Å². The maximum Gasteiger partial charge on any atom is 0.256 e. The van der Waals surface area contributed by atoms with E-state index < -0.39 is 5.60 Å². The van der Waals surface area contributed by atoms with Crippen LogP contribution in [0, 0.1) is 0 Å². The van der Waals surface area contributed by atoms with Gasteiger partial charge in [-0.2, -0.15) is 0 Å². The van der Waals surface area contributed by atoms with Crippen molar-refractivity contribution in [2.75, 3.05) is 27.3 Å². The molecule has 0 radical (unpaired) electrons. The van der Waals surface area contributed by atoms with Crippen LogP contribution in [0.15, 0.2) is 41.0 Å². The molecule has 0 saturated carbocycles. The van der Waals surface area contributed by atoms with Crippen LogP contribution < -0.4 is 14.8 Å². The molecular weight excluding hydrogens is 348 g/mol. The summed E-state index contributed by atoms with van der Waals surface area (Å²) >= 11 is 0. The highest BCUT2D eigenvalue weighted by Crippen LogP contribution is 2.33. The van der Waals surface area contributed by atoms with Crippen molar-refractivity contribution < 1.29 is 23.8 Å². The number of amides is 1. The SMILES string of the molecule is COc1cccc(CN2CCC[C@](O)(CNCc3ccco3)C2=O)c1OC. The van der Waals surface area contributed by atoms with Crippen molar-refractivity contribution in [3.63, 3.8) is 0 Å². The van der Waals surface area contributed by atoms with Crippen molar-refractivity contribution in [1.82, 2.24) is 10.2 Å². The van der Waals surface area contributed by atoms with E-state index in [0.717, 1.165) is 17.7 Å². The van der Waals surface area contributed by atoms with E-state index in [1.54, 1.807) is 31.4 Å². The largest absolute Gasteiger partial charge is 0.493 e. The molecule has 3 rings (SSSR count). The van der Waals surface area contributed by atoms with E-state index in [4.69, 9.17) is 13.9 Å². The summed E-state index contributed by atoms with van der Waals surface area (Å²) in [5.74, 6) is 1.72. The third kappa shape index (κ3) is 4.26. The summed E-state index contributed by atoms with van der Waals surface area (Å²) in [6.45, 7) is 1.60. The number of ether oxygens (including phenoxy) is 2. The van der Waals surface area contributed by atoms with Gasteiger partial charge in [0, 0.05) is 25.2 Å². The van der Waals surface area contributed by atoms with Crippen LogP contribution in [0.4, 0.5) is 0 Å².